The molecule has 2 aromatic rings. The molecule has 1 aromatic heterocycles. The van der Waals surface area contributed by atoms with Crippen LogP contribution in [-0.2, 0) is 17.6 Å². The second-order valence-electron chi connectivity index (χ2n) is 4.79. The fourth-order valence-electron chi connectivity index (χ4n) is 2.03. The van der Waals surface area contributed by atoms with E-state index in [9.17, 15) is 4.79 Å². The van der Waals surface area contributed by atoms with Crippen LogP contribution in [0.3, 0.4) is 0 Å². The average Bonchev–Trinajstić information content (AvgIpc) is 2.48. The maximum absolute atomic E-state index is 12.2. The number of Topliss-reactive ketones (excluding diaryl/α,β-unsaturated/α-hetero) is 1. The van der Waals surface area contributed by atoms with Gasteiger partial charge < -0.3 is 0 Å². The van der Waals surface area contributed by atoms with Crippen LogP contribution in [-0.4, -0.2) is 10.8 Å². The van der Waals surface area contributed by atoms with E-state index in [0.29, 0.717) is 6.42 Å². The summed E-state index contributed by atoms with van der Waals surface area (Å²) >= 11 is 0. The lowest BCUT2D eigenvalue weighted by atomic mass is 9.94. The van der Waals surface area contributed by atoms with Crippen molar-refractivity contribution in [2.45, 2.75) is 32.6 Å². The minimum absolute atomic E-state index is 0.0751. The van der Waals surface area contributed by atoms with Crippen molar-refractivity contribution in [3.05, 3.63) is 65.5 Å². The minimum Gasteiger partial charge on any atom is -0.299 e. The second kappa shape index (κ2) is 6.28. The normalized spacial score (nSPS) is 12.1. The summed E-state index contributed by atoms with van der Waals surface area (Å²) in [6, 6.07) is 13.9. The maximum atomic E-state index is 12.2. The van der Waals surface area contributed by atoms with Gasteiger partial charge >= 0.3 is 0 Å². The van der Waals surface area contributed by atoms with E-state index in [1.54, 1.807) is 0 Å². The van der Waals surface area contributed by atoms with Gasteiger partial charge in [0.15, 0.2) is 0 Å². The van der Waals surface area contributed by atoms with Gasteiger partial charge in [-0.05, 0) is 23.6 Å². The molecule has 1 unspecified atom stereocenters. The summed E-state index contributed by atoms with van der Waals surface area (Å²) in [5.41, 5.74) is 3.12. The molecule has 19 heavy (non-hydrogen) atoms. The molecule has 0 aliphatic rings. The van der Waals surface area contributed by atoms with Crippen LogP contribution in [0.2, 0.25) is 0 Å². The van der Waals surface area contributed by atoms with Crippen molar-refractivity contribution < 1.29 is 4.79 Å². The SMILES string of the molecule is CCc1ccc(CC(=O)C(C)c2ccccc2)nc1. The number of rotatable bonds is 5. The Bertz CT molecular complexity index is 531. The third-order valence-electron chi connectivity index (χ3n) is 3.43. The summed E-state index contributed by atoms with van der Waals surface area (Å²) in [5, 5.41) is 0. The number of pyridine rings is 1. The summed E-state index contributed by atoms with van der Waals surface area (Å²) < 4.78 is 0. The zero-order chi connectivity index (χ0) is 13.7. The lowest BCUT2D eigenvalue weighted by Crippen LogP contribution is -2.12. The molecule has 98 valence electrons. The Kier molecular flexibility index (Phi) is 4.45. The molecular formula is C17H19NO. The Labute approximate surface area is 114 Å². The smallest absolute Gasteiger partial charge is 0.145 e. The van der Waals surface area contributed by atoms with E-state index in [-0.39, 0.29) is 11.7 Å². The minimum atomic E-state index is -0.0751. The largest absolute Gasteiger partial charge is 0.299 e. The van der Waals surface area contributed by atoms with E-state index in [2.05, 4.69) is 11.9 Å². The van der Waals surface area contributed by atoms with Gasteiger partial charge in [0.05, 0.1) is 0 Å². The van der Waals surface area contributed by atoms with Gasteiger partial charge in [0.25, 0.3) is 0 Å². The molecule has 1 heterocycles. The Morgan fingerprint density at radius 3 is 2.47 bits per heavy atom. The highest BCUT2D eigenvalue weighted by atomic mass is 16.1. The topological polar surface area (TPSA) is 30.0 Å². The molecule has 0 aliphatic carbocycles. The van der Waals surface area contributed by atoms with Crippen LogP contribution in [0.1, 0.15) is 36.6 Å². The van der Waals surface area contributed by atoms with Crippen LogP contribution in [0.4, 0.5) is 0 Å². The lowest BCUT2D eigenvalue weighted by molar-refractivity contribution is -0.119. The van der Waals surface area contributed by atoms with Gasteiger partial charge in [-0.15, -0.1) is 0 Å². The predicted molar refractivity (Wildman–Crippen MR) is 77.2 cm³/mol. The number of benzene rings is 1. The summed E-state index contributed by atoms with van der Waals surface area (Å²) in [7, 11) is 0. The molecule has 0 aliphatic heterocycles. The molecule has 2 nitrogen and oxygen atoms in total. The van der Waals surface area contributed by atoms with Gasteiger partial charge in [-0.1, -0.05) is 50.2 Å². The van der Waals surface area contributed by atoms with Gasteiger partial charge in [-0.3, -0.25) is 9.78 Å². The number of aromatic nitrogens is 1. The van der Waals surface area contributed by atoms with E-state index < -0.39 is 0 Å². The van der Waals surface area contributed by atoms with Crippen molar-refractivity contribution in [3.8, 4) is 0 Å². The Hall–Kier alpha value is -1.96. The fourth-order valence-corrected chi connectivity index (χ4v) is 2.03. The first-order valence-corrected chi connectivity index (χ1v) is 6.72. The van der Waals surface area contributed by atoms with Gasteiger partial charge in [-0.2, -0.15) is 0 Å². The average molecular weight is 253 g/mol. The molecule has 0 amide bonds. The van der Waals surface area contributed by atoms with Crippen LogP contribution in [0.5, 0.6) is 0 Å². The van der Waals surface area contributed by atoms with E-state index in [1.165, 1.54) is 5.56 Å². The molecule has 2 heteroatoms. The molecule has 0 N–H and O–H groups in total. The van der Waals surface area contributed by atoms with Crippen molar-refractivity contribution in [2.24, 2.45) is 0 Å². The molecule has 0 radical (unpaired) electrons. The lowest BCUT2D eigenvalue weighted by Gasteiger charge is -2.10. The number of ketones is 1. The summed E-state index contributed by atoms with van der Waals surface area (Å²) in [4.78, 5) is 16.6. The van der Waals surface area contributed by atoms with Crippen molar-refractivity contribution in [1.29, 1.82) is 0 Å². The Balaban J connectivity index is 2.04. The molecular weight excluding hydrogens is 234 g/mol. The molecule has 0 bridgehead atoms. The third-order valence-corrected chi connectivity index (χ3v) is 3.43. The molecule has 1 aromatic carbocycles. The highest BCUT2D eigenvalue weighted by Gasteiger charge is 2.15. The van der Waals surface area contributed by atoms with Crippen LogP contribution < -0.4 is 0 Å². The van der Waals surface area contributed by atoms with Crippen molar-refractivity contribution in [3.63, 3.8) is 0 Å². The van der Waals surface area contributed by atoms with Crippen LogP contribution in [0.15, 0.2) is 48.7 Å². The highest BCUT2D eigenvalue weighted by Crippen LogP contribution is 2.17. The van der Waals surface area contributed by atoms with E-state index in [4.69, 9.17) is 0 Å². The number of hydrogen-bond acceptors (Lipinski definition) is 2. The van der Waals surface area contributed by atoms with E-state index in [1.807, 2.05) is 55.6 Å². The zero-order valence-corrected chi connectivity index (χ0v) is 11.5. The van der Waals surface area contributed by atoms with Crippen LogP contribution >= 0.6 is 0 Å². The van der Waals surface area contributed by atoms with Crippen molar-refractivity contribution >= 4 is 5.78 Å². The quantitative estimate of drug-likeness (QED) is 0.815. The third kappa shape index (κ3) is 3.50. The molecule has 0 fully saturated rings. The van der Waals surface area contributed by atoms with Gasteiger partial charge in [-0.25, -0.2) is 0 Å². The Morgan fingerprint density at radius 2 is 1.89 bits per heavy atom. The van der Waals surface area contributed by atoms with Gasteiger partial charge in [0.2, 0.25) is 0 Å². The second-order valence-corrected chi connectivity index (χ2v) is 4.79. The van der Waals surface area contributed by atoms with Crippen LogP contribution in [0, 0.1) is 0 Å². The Morgan fingerprint density at radius 1 is 1.16 bits per heavy atom. The first-order chi connectivity index (χ1) is 9.20. The fraction of sp³-hybridized carbons (Fsp3) is 0.294. The standard InChI is InChI=1S/C17H19NO/c1-3-14-9-10-16(18-12-14)11-17(19)13(2)15-7-5-4-6-8-15/h4-10,12-13H,3,11H2,1-2H3. The maximum Gasteiger partial charge on any atom is 0.145 e. The summed E-state index contributed by atoms with van der Waals surface area (Å²) in [5.74, 6) is 0.136. The number of nitrogens with zero attached hydrogens (tertiary/aromatic N) is 1. The van der Waals surface area contributed by atoms with Crippen molar-refractivity contribution in [2.75, 3.05) is 0 Å². The number of aryl methyl sites for hydroxylation is 1. The van der Waals surface area contributed by atoms with Gasteiger partial charge in [0.1, 0.15) is 5.78 Å². The first-order valence-electron chi connectivity index (χ1n) is 6.72. The van der Waals surface area contributed by atoms with Crippen LogP contribution in [0.25, 0.3) is 0 Å². The molecule has 0 spiro atoms. The first kappa shape index (κ1) is 13.5. The molecule has 2 rings (SSSR count). The van der Waals surface area contributed by atoms with E-state index >= 15 is 0 Å². The number of carbonyl (C=O) groups is 1. The zero-order valence-electron chi connectivity index (χ0n) is 11.5. The number of carbonyl (C=O) groups excluding carboxylic acids is 1. The molecule has 0 saturated heterocycles. The van der Waals surface area contributed by atoms with Crippen molar-refractivity contribution in [1.82, 2.24) is 4.98 Å². The highest BCUT2D eigenvalue weighted by molar-refractivity contribution is 5.86. The molecule has 0 saturated carbocycles. The summed E-state index contributed by atoms with van der Waals surface area (Å²) in [6.07, 6.45) is 3.23. The predicted octanol–water partition coefficient (Wildman–Crippen LogP) is 3.56. The summed E-state index contributed by atoms with van der Waals surface area (Å²) in [6.45, 7) is 4.05. The van der Waals surface area contributed by atoms with E-state index in [0.717, 1.165) is 17.7 Å². The molecule has 1 atom stereocenters. The van der Waals surface area contributed by atoms with Gasteiger partial charge in [0, 0.05) is 24.2 Å². The number of hydrogen-bond donors (Lipinski definition) is 0. The monoisotopic (exact) mass is 253 g/mol.